The Morgan fingerprint density at radius 2 is 2.17 bits per heavy atom. The molecule has 1 rings (SSSR count). The molecule has 66 valence electrons. The Morgan fingerprint density at radius 3 is 2.67 bits per heavy atom. The predicted molar refractivity (Wildman–Crippen MR) is 56.3 cm³/mol. The first-order chi connectivity index (χ1) is 5.83. The summed E-state index contributed by atoms with van der Waals surface area (Å²) in [5.74, 6) is 3.68. The van der Waals surface area contributed by atoms with Gasteiger partial charge in [-0.2, -0.15) is 10.2 Å². The van der Waals surface area contributed by atoms with Gasteiger partial charge in [0, 0.05) is 18.6 Å². The number of rotatable bonds is 6. The van der Waals surface area contributed by atoms with Gasteiger partial charge >= 0.3 is 0 Å². The first-order valence-corrected chi connectivity index (χ1v) is 6.01. The van der Waals surface area contributed by atoms with Crippen molar-refractivity contribution in [2.45, 2.75) is 31.3 Å². The molecule has 2 nitrogen and oxygen atoms in total. The minimum absolute atomic E-state index is 0.0874. The second-order valence-electron chi connectivity index (χ2n) is 2.82. The number of hydrogen-bond donors (Lipinski definition) is 1. The van der Waals surface area contributed by atoms with Gasteiger partial charge in [-0.3, -0.25) is 0 Å². The van der Waals surface area contributed by atoms with E-state index >= 15 is 0 Å². The summed E-state index contributed by atoms with van der Waals surface area (Å²) in [4.78, 5) is 0. The molecule has 1 aliphatic rings. The first kappa shape index (κ1) is 9.94. The van der Waals surface area contributed by atoms with Crippen molar-refractivity contribution in [1.29, 1.82) is 0 Å². The molecule has 0 atom stereocenters. The van der Waals surface area contributed by atoms with Gasteiger partial charge in [-0.15, -0.1) is 24.0 Å². The monoisotopic (exact) mass is 200 g/mol. The van der Waals surface area contributed by atoms with Crippen LogP contribution >= 0.6 is 22.5 Å². The summed E-state index contributed by atoms with van der Waals surface area (Å²) in [6.45, 7) is 0. The molecule has 0 aromatic heterocycles. The summed E-state index contributed by atoms with van der Waals surface area (Å²) in [7, 11) is 1.56. The van der Waals surface area contributed by atoms with Crippen LogP contribution in [0.25, 0.3) is 0 Å². The van der Waals surface area contributed by atoms with Crippen molar-refractivity contribution in [3.05, 3.63) is 0 Å². The Balaban J connectivity index is 2.09. The maximum Gasteiger partial charge on any atom is 0.191 e. The van der Waals surface area contributed by atoms with Gasteiger partial charge in [0.25, 0.3) is 0 Å². The van der Waals surface area contributed by atoms with Crippen LogP contribution in [0.2, 0.25) is 0 Å². The maximum absolute atomic E-state index is 5.17. The van der Waals surface area contributed by atoms with Crippen molar-refractivity contribution in [2.75, 3.05) is 5.75 Å². The van der Waals surface area contributed by atoms with E-state index < -0.39 is 0 Å². The summed E-state index contributed by atoms with van der Waals surface area (Å²) in [6.07, 6.45) is 9.01. The molecule has 0 radical (unpaired) electrons. The fraction of sp³-hybridized carbons (Fsp3) is 0.750. The molecule has 0 saturated carbocycles. The van der Waals surface area contributed by atoms with Gasteiger partial charge < -0.3 is 0 Å². The van der Waals surface area contributed by atoms with Crippen molar-refractivity contribution in [2.24, 2.45) is 10.2 Å². The topological polar surface area (TPSA) is 24.7 Å². The summed E-state index contributed by atoms with van der Waals surface area (Å²) < 4.78 is 0. The predicted octanol–water partition coefficient (Wildman–Crippen LogP) is 2.92. The zero-order valence-electron chi connectivity index (χ0n) is 6.86. The van der Waals surface area contributed by atoms with E-state index in [1.807, 2.05) is 0 Å². The Kier molecular flexibility index (Phi) is 3.96. The lowest BCUT2D eigenvalue weighted by Gasteiger charge is -2.06. The van der Waals surface area contributed by atoms with E-state index in [1.165, 1.54) is 0 Å². The Hall–Kier alpha value is -0.140. The molecule has 4 heteroatoms. The van der Waals surface area contributed by atoms with E-state index in [1.54, 1.807) is 10.8 Å². The second kappa shape index (κ2) is 4.78. The molecular formula is C8H12N2S2. The largest absolute Gasteiger partial charge is 0.191 e. The average Bonchev–Trinajstić information content (AvgIpc) is 2.83. The standard InChI is InChI=1S/C8H12N2S2/c1-2-3-5-8(9-10-8)6-4-7-12-11/h1,11H,3-7H2. The lowest BCUT2D eigenvalue weighted by Crippen LogP contribution is -2.10. The van der Waals surface area contributed by atoms with Crippen LogP contribution in [-0.2, 0) is 0 Å². The molecule has 0 spiro atoms. The van der Waals surface area contributed by atoms with E-state index in [0.717, 1.165) is 31.4 Å². The fourth-order valence-electron chi connectivity index (χ4n) is 1.09. The van der Waals surface area contributed by atoms with Gasteiger partial charge in [-0.05, 0) is 12.8 Å². The van der Waals surface area contributed by atoms with Crippen LogP contribution in [0, 0.1) is 12.3 Å². The molecule has 0 aromatic rings. The molecule has 0 aromatic carbocycles. The highest BCUT2D eigenvalue weighted by Crippen LogP contribution is 2.37. The van der Waals surface area contributed by atoms with Crippen LogP contribution in [0.5, 0.6) is 0 Å². The van der Waals surface area contributed by atoms with Crippen molar-refractivity contribution >= 4 is 22.5 Å². The van der Waals surface area contributed by atoms with Crippen molar-refractivity contribution < 1.29 is 0 Å². The molecule has 0 aliphatic carbocycles. The highest BCUT2D eigenvalue weighted by atomic mass is 33.1. The van der Waals surface area contributed by atoms with Crippen molar-refractivity contribution in [1.82, 2.24) is 0 Å². The first-order valence-electron chi connectivity index (χ1n) is 3.97. The molecule has 1 aliphatic heterocycles. The SMILES string of the molecule is C#CCCC1(CCCSS)N=N1. The number of thiol groups is 1. The summed E-state index contributed by atoms with van der Waals surface area (Å²) in [5.41, 5.74) is -0.0874. The van der Waals surface area contributed by atoms with Gasteiger partial charge in [-0.25, -0.2) is 0 Å². The zero-order chi connectivity index (χ0) is 8.86. The van der Waals surface area contributed by atoms with Crippen LogP contribution in [0.1, 0.15) is 25.7 Å². The Labute approximate surface area is 82.4 Å². The van der Waals surface area contributed by atoms with E-state index in [9.17, 15) is 0 Å². The fourth-order valence-corrected chi connectivity index (χ4v) is 1.75. The van der Waals surface area contributed by atoms with Gasteiger partial charge in [0.15, 0.2) is 5.66 Å². The molecule has 0 N–H and O–H groups in total. The molecule has 0 saturated heterocycles. The molecule has 0 fully saturated rings. The summed E-state index contributed by atoms with van der Waals surface area (Å²) in [5, 5.41) is 8.08. The molecule has 12 heavy (non-hydrogen) atoms. The molecule has 1 heterocycles. The quantitative estimate of drug-likeness (QED) is 0.303. The molecule has 0 amide bonds. The van der Waals surface area contributed by atoms with Crippen LogP contribution in [0.15, 0.2) is 10.2 Å². The van der Waals surface area contributed by atoms with E-state index in [4.69, 9.17) is 6.42 Å². The number of terminal acetylenes is 1. The van der Waals surface area contributed by atoms with Gasteiger partial charge in [0.2, 0.25) is 0 Å². The number of hydrogen-bond acceptors (Lipinski definition) is 4. The summed E-state index contributed by atoms with van der Waals surface area (Å²) in [6, 6.07) is 0. The number of nitrogens with zero attached hydrogens (tertiary/aromatic N) is 2. The highest BCUT2D eigenvalue weighted by Gasteiger charge is 2.38. The van der Waals surface area contributed by atoms with Gasteiger partial charge in [0.1, 0.15) is 0 Å². The summed E-state index contributed by atoms with van der Waals surface area (Å²) >= 11 is 4.06. The van der Waals surface area contributed by atoms with E-state index in [-0.39, 0.29) is 5.66 Å². The molecular weight excluding hydrogens is 188 g/mol. The van der Waals surface area contributed by atoms with Crippen LogP contribution in [-0.4, -0.2) is 11.4 Å². The smallest absolute Gasteiger partial charge is 0.159 e. The van der Waals surface area contributed by atoms with Gasteiger partial charge in [0.05, 0.1) is 0 Å². The van der Waals surface area contributed by atoms with E-state index in [2.05, 4.69) is 27.8 Å². The highest BCUT2D eigenvalue weighted by molar-refractivity contribution is 8.68. The third-order valence-corrected chi connectivity index (χ3v) is 2.88. The normalized spacial score (nSPS) is 17.3. The molecule has 0 bridgehead atoms. The Bertz CT molecular complexity index is 202. The third kappa shape index (κ3) is 3.08. The van der Waals surface area contributed by atoms with E-state index in [0.29, 0.717) is 0 Å². The van der Waals surface area contributed by atoms with Crippen LogP contribution in [0.3, 0.4) is 0 Å². The molecule has 0 unspecified atom stereocenters. The Morgan fingerprint density at radius 1 is 1.42 bits per heavy atom. The van der Waals surface area contributed by atoms with Gasteiger partial charge in [-0.1, -0.05) is 10.8 Å². The minimum Gasteiger partial charge on any atom is -0.159 e. The van der Waals surface area contributed by atoms with Crippen LogP contribution < -0.4 is 0 Å². The maximum atomic E-state index is 5.17. The average molecular weight is 200 g/mol. The lowest BCUT2D eigenvalue weighted by molar-refractivity contribution is 0.510. The van der Waals surface area contributed by atoms with Crippen molar-refractivity contribution in [3.8, 4) is 12.3 Å². The second-order valence-corrected chi connectivity index (χ2v) is 4.26. The third-order valence-electron chi connectivity index (χ3n) is 1.87. The van der Waals surface area contributed by atoms with Crippen LogP contribution in [0.4, 0.5) is 0 Å². The zero-order valence-corrected chi connectivity index (χ0v) is 8.57. The minimum atomic E-state index is -0.0874. The van der Waals surface area contributed by atoms with Crippen molar-refractivity contribution in [3.63, 3.8) is 0 Å². The lowest BCUT2D eigenvalue weighted by atomic mass is 10.0.